The average molecular weight is 268 g/mol. The molecule has 98 valence electrons. The van der Waals surface area contributed by atoms with Crippen LogP contribution in [0.25, 0.3) is 0 Å². The molecule has 0 spiro atoms. The summed E-state index contributed by atoms with van der Waals surface area (Å²) in [7, 11) is -2.92. The molecule has 6 heteroatoms. The van der Waals surface area contributed by atoms with Gasteiger partial charge in [0.2, 0.25) is 5.91 Å². The minimum atomic E-state index is -2.92. The molecule has 1 aliphatic heterocycles. The number of aryl methyl sites for hydroxylation is 1. The molecule has 1 atom stereocenters. The maximum absolute atomic E-state index is 11.7. The van der Waals surface area contributed by atoms with Crippen LogP contribution in [0.4, 0.5) is 5.82 Å². The molecule has 0 radical (unpaired) electrons. The highest BCUT2D eigenvalue weighted by molar-refractivity contribution is 7.91. The lowest BCUT2D eigenvalue weighted by atomic mass is 10.1. The summed E-state index contributed by atoms with van der Waals surface area (Å²) in [6, 6.07) is 3.63. The van der Waals surface area contributed by atoms with Crippen molar-refractivity contribution in [3.05, 3.63) is 23.9 Å². The summed E-state index contributed by atoms with van der Waals surface area (Å²) in [5.41, 5.74) is 1.02. The number of hydrogen-bond donors (Lipinski definition) is 1. The third-order valence-corrected chi connectivity index (χ3v) is 4.82. The molecule has 0 aromatic carbocycles. The predicted octanol–water partition coefficient (Wildman–Crippen LogP) is 1.15. The van der Waals surface area contributed by atoms with Crippen LogP contribution in [0.3, 0.4) is 0 Å². The van der Waals surface area contributed by atoms with Crippen molar-refractivity contribution in [2.45, 2.75) is 19.8 Å². The van der Waals surface area contributed by atoms with Gasteiger partial charge in [0, 0.05) is 12.6 Å². The molecular weight excluding hydrogens is 252 g/mol. The van der Waals surface area contributed by atoms with Crippen LogP contribution in [0.15, 0.2) is 18.3 Å². The van der Waals surface area contributed by atoms with Crippen molar-refractivity contribution in [3.63, 3.8) is 0 Å². The van der Waals surface area contributed by atoms with Gasteiger partial charge in [0.15, 0.2) is 9.84 Å². The fourth-order valence-electron chi connectivity index (χ4n) is 2.09. The van der Waals surface area contributed by atoms with E-state index in [1.165, 1.54) is 0 Å². The molecule has 1 fully saturated rings. The van der Waals surface area contributed by atoms with Crippen LogP contribution in [0, 0.1) is 12.8 Å². The zero-order chi connectivity index (χ0) is 13.2. The van der Waals surface area contributed by atoms with Crippen molar-refractivity contribution in [3.8, 4) is 0 Å². The van der Waals surface area contributed by atoms with Crippen LogP contribution in [-0.4, -0.2) is 30.8 Å². The van der Waals surface area contributed by atoms with Gasteiger partial charge in [-0.15, -0.1) is 0 Å². The number of aromatic nitrogens is 1. The van der Waals surface area contributed by atoms with Gasteiger partial charge in [-0.3, -0.25) is 4.79 Å². The van der Waals surface area contributed by atoms with Gasteiger partial charge < -0.3 is 5.32 Å². The molecule has 1 unspecified atom stereocenters. The van der Waals surface area contributed by atoms with Crippen molar-refractivity contribution in [2.75, 3.05) is 16.8 Å². The molecule has 1 aromatic rings. The molecule has 5 nitrogen and oxygen atoms in total. The average Bonchev–Trinajstić information content (AvgIpc) is 2.57. The smallest absolute Gasteiger partial charge is 0.225 e. The fourth-order valence-corrected chi connectivity index (χ4v) is 3.96. The lowest BCUT2D eigenvalue weighted by Crippen LogP contribution is -2.18. The zero-order valence-electron chi connectivity index (χ0n) is 10.2. The Balaban J connectivity index is 1.90. The molecule has 2 rings (SSSR count). The third-order valence-electron chi connectivity index (χ3n) is 2.98. The quantitative estimate of drug-likeness (QED) is 0.892. The first-order valence-corrected chi connectivity index (χ1v) is 7.70. The van der Waals surface area contributed by atoms with E-state index >= 15 is 0 Å². The Labute approximate surface area is 107 Å². The van der Waals surface area contributed by atoms with E-state index in [0.717, 1.165) is 5.56 Å². The lowest BCUT2D eigenvalue weighted by molar-refractivity contribution is -0.116. The Morgan fingerprint density at radius 2 is 2.33 bits per heavy atom. The summed E-state index contributed by atoms with van der Waals surface area (Å²) < 4.78 is 22.6. The highest BCUT2D eigenvalue weighted by Gasteiger charge is 2.29. The number of sulfone groups is 1. The van der Waals surface area contributed by atoms with Gasteiger partial charge in [-0.1, -0.05) is 0 Å². The molecule has 0 aliphatic carbocycles. The molecule has 1 aromatic heterocycles. The van der Waals surface area contributed by atoms with Gasteiger partial charge in [0.25, 0.3) is 0 Å². The third kappa shape index (κ3) is 3.53. The predicted molar refractivity (Wildman–Crippen MR) is 69.0 cm³/mol. The Kier molecular flexibility index (Phi) is 3.65. The highest BCUT2D eigenvalue weighted by atomic mass is 32.2. The molecule has 1 aliphatic rings. The molecule has 0 saturated carbocycles. The number of nitrogens with zero attached hydrogens (tertiary/aromatic N) is 1. The molecule has 1 N–H and O–H groups in total. The van der Waals surface area contributed by atoms with E-state index in [9.17, 15) is 13.2 Å². The van der Waals surface area contributed by atoms with Crippen LogP contribution < -0.4 is 5.32 Å². The first-order valence-electron chi connectivity index (χ1n) is 5.87. The number of pyridine rings is 1. The van der Waals surface area contributed by atoms with Crippen molar-refractivity contribution < 1.29 is 13.2 Å². The SMILES string of the molecule is Cc1ccnc(NC(=O)CC2CCS(=O)(=O)C2)c1. The molecule has 0 bridgehead atoms. The van der Waals surface area contributed by atoms with E-state index in [-0.39, 0.29) is 29.8 Å². The van der Waals surface area contributed by atoms with Gasteiger partial charge in [-0.25, -0.2) is 13.4 Å². The summed E-state index contributed by atoms with van der Waals surface area (Å²) in [5.74, 6) is 0.617. The van der Waals surface area contributed by atoms with E-state index in [2.05, 4.69) is 10.3 Å². The van der Waals surface area contributed by atoms with Crippen molar-refractivity contribution in [1.82, 2.24) is 4.98 Å². The van der Waals surface area contributed by atoms with E-state index in [1.54, 1.807) is 12.3 Å². The second kappa shape index (κ2) is 5.06. The minimum absolute atomic E-state index is 0.0557. The first kappa shape index (κ1) is 13.0. The second-order valence-corrected chi connectivity index (χ2v) is 6.97. The van der Waals surface area contributed by atoms with Crippen LogP contribution in [0.2, 0.25) is 0 Å². The summed E-state index contributed by atoms with van der Waals surface area (Å²) in [6.07, 6.45) is 2.46. The minimum Gasteiger partial charge on any atom is -0.311 e. The number of nitrogens with one attached hydrogen (secondary N) is 1. The maximum Gasteiger partial charge on any atom is 0.225 e. The van der Waals surface area contributed by atoms with Crippen LogP contribution in [0.5, 0.6) is 0 Å². The Morgan fingerprint density at radius 1 is 1.56 bits per heavy atom. The maximum atomic E-state index is 11.7. The molecule has 2 heterocycles. The van der Waals surface area contributed by atoms with Crippen molar-refractivity contribution >= 4 is 21.6 Å². The number of carbonyl (C=O) groups is 1. The molecule has 18 heavy (non-hydrogen) atoms. The number of anilines is 1. The standard InChI is InChI=1S/C12H16N2O3S/c1-9-2-4-13-11(6-9)14-12(15)7-10-3-5-18(16,17)8-10/h2,4,6,10H,3,5,7-8H2,1H3,(H,13,14,15). The van der Waals surface area contributed by atoms with Gasteiger partial charge >= 0.3 is 0 Å². The number of rotatable bonds is 3. The lowest BCUT2D eigenvalue weighted by Gasteiger charge is -2.08. The van der Waals surface area contributed by atoms with Crippen LogP contribution in [0.1, 0.15) is 18.4 Å². The number of hydrogen-bond acceptors (Lipinski definition) is 4. The Hall–Kier alpha value is -1.43. The van der Waals surface area contributed by atoms with Gasteiger partial charge in [-0.2, -0.15) is 0 Å². The fraction of sp³-hybridized carbons (Fsp3) is 0.500. The second-order valence-electron chi connectivity index (χ2n) is 4.74. The van der Waals surface area contributed by atoms with Crippen LogP contribution in [-0.2, 0) is 14.6 Å². The zero-order valence-corrected chi connectivity index (χ0v) is 11.0. The summed E-state index contributed by atoms with van der Waals surface area (Å²) in [4.78, 5) is 15.8. The summed E-state index contributed by atoms with van der Waals surface area (Å²) >= 11 is 0. The topological polar surface area (TPSA) is 76.1 Å². The van der Waals surface area contributed by atoms with Gasteiger partial charge in [0.05, 0.1) is 11.5 Å². The summed E-state index contributed by atoms with van der Waals surface area (Å²) in [6.45, 7) is 1.92. The molecule has 1 amide bonds. The van der Waals surface area contributed by atoms with E-state index in [4.69, 9.17) is 0 Å². The molecule has 1 saturated heterocycles. The number of amides is 1. The monoisotopic (exact) mass is 268 g/mol. The van der Waals surface area contributed by atoms with Crippen molar-refractivity contribution in [1.29, 1.82) is 0 Å². The van der Waals surface area contributed by atoms with E-state index in [1.807, 2.05) is 13.0 Å². The first-order chi connectivity index (χ1) is 8.44. The van der Waals surface area contributed by atoms with Gasteiger partial charge in [0.1, 0.15) is 5.82 Å². The summed E-state index contributed by atoms with van der Waals surface area (Å²) in [5, 5.41) is 2.69. The van der Waals surface area contributed by atoms with Crippen molar-refractivity contribution in [2.24, 2.45) is 5.92 Å². The van der Waals surface area contributed by atoms with Gasteiger partial charge in [-0.05, 0) is 37.0 Å². The van der Waals surface area contributed by atoms with E-state index < -0.39 is 9.84 Å². The molecular formula is C12H16N2O3S. The number of carbonyl (C=O) groups excluding carboxylic acids is 1. The van der Waals surface area contributed by atoms with E-state index in [0.29, 0.717) is 12.2 Å². The largest absolute Gasteiger partial charge is 0.311 e. The Morgan fingerprint density at radius 3 is 2.94 bits per heavy atom. The van der Waals surface area contributed by atoms with Crippen LogP contribution >= 0.6 is 0 Å². The Bertz CT molecular complexity index is 554. The normalized spacial score (nSPS) is 21.7. The highest BCUT2D eigenvalue weighted by Crippen LogP contribution is 2.22.